The Morgan fingerprint density at radius 1 is 0.958 bits per heavy atom. The summed E-state index contributed by atoms with van der Waals surface area (Å²) in [6, 6.07) is 14.1. The first-order valence-electron chi connectivity index (χ1n) is 7.61. The molecule has 0 bridgehead atoms. The van der Waals surface area contributed by atoms with Gasteiger partial charge >= 0.3 is 0 Å². The maximum absolute atomic E-state index is 12.8. The molecule has 0 N–H and O–H groups in total. The van der Waals surface area contributed by atoms with Gasteiger partial charge in [-0.05, 0) is 43.7 Å². The molecular formula is C19H16ClNO3. The van der Waals surface area contributed by atoms with E-state index in [-0.39, 0.29) is 10.6 Å². The fraction of sp³-hybridized carbons (Fsp3) is 0.158. The van der Waals surface area contributed by atoms with Crippen LogP contribution in [-0.2, 0) is 9.59 Å². The van der Waals surface area contributed by atoms with Gasteiger partial charge in [0.1, 0.15) is 10.8 Å². The zero-order valence-corrected chi connectivity index (χ0v) is 14.1. The van der Waals surface area contributed by atoms with Gasteiger partial charge < -0.3 is 4.74 Å². The number of anilines is 1. The smallest absolute Gasteiger partial charge is 0.277 e. The molecule has 2 amide bonds. The molecule has 122 valence electrons. The SMILES string of the molecule is CCOc1ccc(C2=C(Cl)C(=O)N(c3ccc(C)cc3)C2=O)cc1. The van der Waals surface area contributed by atoms with Crippen LogP contribution in [0.5, 0.6) is 5.75 Å². The maximum Gasteiger partial charge on any atom is 0.277 e. The predicted octanol–water partition coefficient (Wildman–Crippen LogP) is 3.92. The highest BCUT2D eigenvalue weighted by Crippen LogP contribution is 2.35. The number of rotatable bonds is 4. The lowest BCUT2D eigenvalue weighted by atomic mass is 10.1. The molecule has 24 heavy (non-hydrogen) atoms. The Balaban J connectivity index is 1.95. The molecule has 0 fully saturated rings. The van der Waals surface area contributed by atoms with E-state index in [0.717, 1.165) is 10.5 Å². The van der Waals surface area contributed by atoms with Crippen molar-refractivity contribution in [2.75, 3.05) is 11.5 Å². The number of hydrogen-bond acceptors (Lipinski definition) is 3. The number of amides is 2. The van der Waals surface area contributed by atoms with Crippen LogP contribution in [0.15, 0.2) is 53.6 Å². The van der Waals surface area contributed by atoms with Crippen LogP contribution in [0.3, 0.4) is 0 Å². The number of carbonyl (C=O) groups excluding carboxylic acids is 2. The molecule has 0 spiro atoms. The van der Waals surface area contributed by atoms with Gasteiger partial charge in [0.05, 0.1) is 17.9 Å². The van der Waals surface area contributed by atoms with Gasteiger partial charge in [0, 0.05) is 0 Å². The molecule has 0 saturated heterocycles. The molecule has 0 saturated carbocycles. The summed E-state index contributed by atoms with van der Waals surface area (Å²) in [5, 5.41) is -0.0651. The van der Waals surface area contributed by atoms with Gasteiger partial charge in [-0.1, -0.05) is 41.4 Å². The topological polar surface area (TPSA) is 46.6 Å². The van der Waals surface area contributed by atoms with Gasteiger partial charge in [-0.3, -0.25) is 9.59 Å². The number of ether oxygens (including phenoxy) is 1. The van der Waals surface area contributed by atoms with Crippen LogP contribution < -0.4 is 9.64 Å². The average Bonchev–Trinajstić information content (AvgIpc) is 2.80. The van der Waals surface area contributed by atoms with Crippen molar-refractivity contribution in [3.63, 3.8) is 0 Å². The number of benzene rings is 2. The quantitative estimate of drug-likeness (QED) is 0.792. The van der Waals surface area contributed by atoms with Crippen LogP contribution >= 0.6 is 11.6 Å². The number of aryl methyl sites for hydroxylation is 1. The first kappa shape index (κ1) is 16.3. The van der Waals surface area contributed by atoms with E-state index < -0.39 is 11.8 Å². The van der Waals surface area contributed by atoms with Crippen LogP contribution in [-0.4, -0.2) is 18.4 Å². The lowest BCUT2D eigenvalue weighted by Gasteiger charge is -2.15. The summed E-state index contributed by atoms with van der Waals surface area (Å²) in [5.41, 5.74) is 2.36. The number of halogens is 1. The molecule has 0 radical (unpaired) electrons. The van der Waals surface area contributed by atoms with Crippen LogP contribution in [0.2, 0.25) is 0 Å². The highest BCUT2D eigenvalue weighted by atomic mass is 35.5. The summed E-state index contributed by atoms with van der Waals surface area (Å²) in [5.74, 6) is -0.224. The van der Waals surface area contributed by atoms with Crippen LogP contribution in [0.4, 0.5) is 5.69 Å². The minimum absolute atomic E-state index is 0.0651. The maximum atomic E-state index is 12.8. The van der Waals surface area contributed by atoms with E-state index in [1.54, 1.807) is 36.4 Å². The molecular weight excluding hydrogens is 326 g/mol. The van der Waals surface area contributed by atoms with E-state index in [1.165, 1.54) is 0 Å². The molecule has 2 aromatic carbocycles. The monoisotopic (exact) mass is 341 g/mol. The van der Waals surface area contributed by atoms with Gasteiger partial charge in [-0.25, -0.2) is 4.90 Å². The minimum Gasteiger partial charge on any atom is -0.494 e. The van der Waals surface area contributed by atoms with Gasteiger partial charge in [-0.15, -0.1) is 0 Å². The predicted molar refractivity (Wildman–Crippen MR) is 94.1 cm³/mol. The summed E-state index contributed by atoms with van der Waals surface area (Å²) in [4.78, 5) is 26.3. The number of imide groups is 1. The van der Waals surface area contributed by atoms with Crippen molar-refractivity contribution in [1.82, 2.24) is 0 Å². The number of nitrogens with zero attached hydrogens (tertiary/aromatic N) is 1. The van der Waals surface area contributed by atoms with Crippen molar-refractivity contribution >= 4 is 34.7 Å². The molecule has 0 aliphatic carbocycles. The van der Waals surface area contributed by atoms with E-state index in [9.17, 15) is 9.59 Å². The Labute approximate surface area is 145 Å². The summed E-state index contributed by atoms with van der Waals surface area (Å²) in [6.07, 6.45) is 0. The second-order valence-electron chi connectivity index (χ2n) is 5.43. The van der Waals surface area contributed by atoms with Gasteiger partial charge in [0.25, 0.3) is 11.8 Å². The summed E-state index contributed by atoms with van der Waals surface area (Å²) < 4.78 is 5.39. The Morgan fingerprint density at radius 2 is 1.58 bits per heavy atom. The summed E-state index contributed by atoms with van der Waals surface area (Å²) >= 11 is 6.17. The fourth-order valence-electron chi connectivity index (χ4n) is 2.57. The van der Waals surface area contributed by atoms with Crippen LogP contribution in [0.25, 0.3) is 5.57 Å². The molecule has 0 aromatic heterocycles. The lowest BCUT2D eigenvalue weighted by molar-refractivity contribution is -0.119. The summed E-state index contributed by atoms with van der Waals surface area (Å²) in [6.45, 7) is 4.39. The first-order valence-corrected chi connectivity index (χ1v) is 7.99. The standard InChI is InChI=1S/C19H16ClNO3/c1-3-24-15-10-6-13(7-11-15)16-17(20)19(23)21(18(16)22)14-8-4-12(2)5-9-14/h4-11H,3H2,1-2H3. The zero-order valence-electron chi connectivity index (χ0n) is 13.4. The molecule has 0 atom stereocenters. The van der Waals surface area contributed by atoms with E-state index >= 15 is 0 Å². The highest BCUT2D eigenvalue weighted by Gasteiger charge is 2.39. The van der Waals surface area contributed by atoms with Gasteiger partial charge in [-0.2, -0.15) is 0 Å². The molecule has 3 rings (SSSR count). The van der Waals surface area contributed by atoms with Gasteiger partial charge in [0.2, 0.25) is 0 Å². The van der Waals surface area contributed by atoms with E-state index in [4.69, 9.17) is 16.3 Å². The second kappa shape index (κ2) is 6.49. The van der Waals surface area contributed by atoms with Crippen molar-refractivity contribution < 1.29 is 14.3 Å². The van der Waals surface area contributed by atoms with Gasteiger partial charge in [0.15, 0.2) is 0 Å². The zero-order chi connectivity index (χ0) is 17.3. The van der Waals surface area contributed by atoms with Crippen LogP contribution in [0, 0.1) is 6.92 Å². The normalized spacial score (nSPS) is 14.5. The fourth-order valence-corrected chi connectivity index (χ4v) is 2.84. The van der Waals surface area contributed by atoms with Crippen molar-refractivity contribution in [3.05, 3.63) is 64.7 Å². The van der Waals surface area contributed by atoms with E-state index in [1.807, 2.05) is 26.0 Å². The van der Waals surface area contributed by atoms with Crippen molar-refractivity contribution in [1.29, 1.82) is 0 Å². The molecule has 1 heterocycles. The molecule has 0 unspecified atom stereocenters. The average molecular weight is 342 g/mol. The third-order valence-corrected chi connectivity index (χ3v) is 4.12. The largest absolute Gasteiger partial charge is 0.494 e. The Kier molecular flexibility index (Phi) is 4.40. The van der Waals surface area contributed by atoms with Crippen molar-refractivity contribution in [3.8, 4) is 5.75 Å². The third-order valence-electron chi connectivity index (χ3n) is 3.77. The second-order valence-corrected chi connectivity index (χ2v) is 5.81. The molecule has 4 nitrogen and oxygen atoms in total. The number of carbonyl (C=O) groups is 2. The van der Waals surface area contributed by atoms with Crippen LogP contribution in [0.1, 0.15) is 18.1 Å². The summed E-state index contributed by atoms with van der Waals surface area (Å²) in [7, 11) is 0. The highest BCUT2D eigenvalue weighted by molar-refractivity contribution is 6.60. The molecule has 2 aromatic rings. The van der Waals surface area contributed by atoms with Crippen molar-refractivity contribution in [2.24, 2.45) is 0 Å². The first-order chi connectivity index (χ1) is 11.5. The lowest BCUT2D eigenvalue weighted by Crippen LogP contribution is -2.31. The number of hydrogen-bond donors (Lipinski definition) is 0. The Bertz CT molecular complexity index is 823. The molecule has 1 aliphatic heterocycles. The minimum atomic E-state index is -0.505. The molecule has 5 heteroatoms. The Hall–Kier alpha value is -2.59. The molecule has 1 aliphatic rings. The third kappa shape index (κ3) is 2.81. The Morgan fingerprint density at radius 3 is 2.17 bits per heavy atom. The van der Waals surface area contributed by atoms with E-state index in [0.29, 0.717) is 23.6 Å². The van der Waals surface area contributed by atoms with E-state index in [2.05, 4.69) is 0 Å². The van der Waals surface area contributed by atoms with Crippen molar-refractivity contribution in [2.45, 2.75) is 13.8 Å².